The van der Waals surface area contributed by atoms with Gasteiger partial charge in [0.15, 0.2) is 0 Å². The van der Waals surface area contributed by atoms with Crippen LogP contribution in [0.1, 0.15) is 34.7 Å². The first-order chi connectivity index (χ1) is 8.76. The standard InChI is InChI=1S/C14H17NO3/c1-18-9-4-5-10-11(7-9)14(17)15-6-2-3-13(15)12(10)8-16/h4-5,7,12-13,16H,2-3,6,8H2,1H3/t12-,13-/m1/s1. The predicted molar refractivity (Wildman–Crippen MR) is 66.9 cm³/mol. The molecule has 2 aliphatic heterocycles. The summed E-state index contributed by atoms with van der Waals surface area (Å²) < 4.78 is 5.18. The Hall–Kier alpha value is -1.55. The molecule has 0 aliphatic carbocycles. The lowest BCUT2D eigenvalue weighted by Crippen LogP contribution is -2.45. The van der Waals surface area contributed by atoms with Crippen molar-refractivity contribution in [2.75, 3.05) is 20.3 Å². The van der Waals surface area contributed by atoms with Crippen molar-refractivity contribution < 1.29 is 14.6 Å². The molecular formula is C14H17NO3. The predicted octanol–water partition coefficient (Wildman–Crippen LogP) is 1.39. The maximum atomic E-state index is 12.4. The lowest BCUT2D eigenvalue weighted by Gasteiger charge is -2.37. The molecule has 4 nitrogen and oxygen atoms in total. The summed E-state index contributed by atoms with van der Waals surface area (Å²) in [4.78, 5) is 14.3. The maximum Gasteiger partial charge on any atom is 0.254 e. The third-order valence-corrected chi connectivity index (χ3v) is 4.11. The highest BCUT2D eigenvalue weighted by molar-refractivity contribution is 5.98. The monoisotopic (exact) mass is 247 g/mol. The van der Waals surface area contributed by atoms with Crippen LogP contribution in [0.25, 0.3) is 0 Å². The van der Waals surface area contributed by atoms with Crippen molar-refractivity contribution in [3.8, 4) is 5.75 Å². The molecule has 1 amide bonds. The first-order valence-electron chi connectivity index (χ1n) is 6.36. The zero-order valence-corrected chi connectivity index (χ0v) is 10.4. The summed E-state index contributed by atoms with van der Waals surface area (Å²) in [5.74, 6) is 0.818. The van der Waals surface area contributed by atoms with Gasteiger partial charge in [-0.15, -0.1) is 0 Å². The number of hydrogen-bond acceptors (Lipinski definition) is 3. The van der Waals surface area contributed by atoms with Crippen molar-refractivity contribution in [2.45, 2.75) is 24.8 Å². The molecule has 2 heterocycles. The van der Waals surface area contributed by atoms with Gasteiger partial charge in [-0.3, -0.25) is 4.79 Å². The molecular weight excluding hydrogens is 230 g/mol. The van der Waals surface area contributed by atoms with Crippen molar-refractivity contribution in [3.05, 3.63) is 29.3 Å². The van der Waals surface area contributed by atoms with Gasteiger partial charge in [0, 0.05) is 24.1 Å². The van der Waals surface area contributed by atoms with Crippen LogP contribution in [0, 0.1) is 0 Å². The first-order valence-corrected chi connectivity index (χ1v) is 6.36. The fourth-order valence-corrected chi connectivity index (χ4v) is 3.22. The zero-order valence-electron chi connectivity index (χ0n) is 10.4. The van der Waals surface area contributed by atoms with Crippen molar-refractivity contribution in [1.29, 1.82) is 0 Å². The minimum Gasteiger partial charge on any atom is -0.497 e. The van der Waals surface area contributed by atoms with Crippen LogP contribution in [0.4, 0.5) is 0 Å². The van der Waals surface area contributed by atoms with Crippen molar-refractivity contribution in [1.82, 2.24) is 4.90 Å². The normalized spacial score (nSPS) is 25.9. The molecule has 1 aromatic rings. The molecule has 3 rings (SSSR count). The molecule has 0 unspecified atom stereocenters. The van der Waals surface area contributed by atoms with Crippen molar-refractivity contribution in [3.63, 3.8) is 0 Å². The quantitative estimate of drug-likeness (QED) is 0.859. The number of aliphatic hydroxyl groups excluding tert-OH is 1. The Bertz CT molecular complexity index is 486. The molecule has 1 fully saturated rings. The fourth-order valence-electron chi connectivity index (χ4n) is 3.22. The zero-order chi connectivity index (χ0) is 12.7. The highest BCUT2D eigenvalue weighted by Crippen LogP contribution is 2.39. The van der Waals surface area contributed by atoms with Crippen LogP contribution in [-0.4, -0.2) is 42.2 Å². The molecule has 0 spiro atoms. The van der Waals surface area contributed by atoms with Crippen molar-refractivity contribution in [2.24, 2.45) is 0 Å². The molecule has 18 heavy (non-hydrogen) atoms. The molecule has 0 saturated carbocycles. The third-order valence-electron chi connectivity index (χ3n) is 4.11. The summed E-state index contributed by atoms with van der Waals surface area (Å²) in [6.45, 7) is 0.893. The van der Waals surface area contributed by atoms with Crippen LogP contribution in [-0.2, 0) is 0 Å². The van der Waals surface area contributed by atoms with Crippen LogP contribution < -0.4 is 4.74 Å². The number of benzene rings is 1. The van der Waals surface area contributed by atoms with Gasteiger partial charge in [-0.05, 0) is 30.5 Å². The van der Waals surface area contributed by atoms with E-state index in [1.54, 1.807) is 13.2 Å². The number of ether oxygens (including phenoxy) is 1. The number of hydrogen-bond donors (Lipinski definition) is 1. The number of aliphatic hydroxyl groups is 1. The highest BCUT2D eigenvalue weighted by Gasteiger charge is 2.41. The summed E-state index contributed by atoms with van der Waals surface area (Å²) in [7, 11) is 1.59. The number of nitrogens with zero attached hydrogens (tertiary/aromatic N) is 1. The smallest absolute Gasteiger partial charge is 0.254 e. The van der Waals surface area contributed by atoms with Crippen molar-refractivity contribution >= 4 is 5.91 Å². The van der Waals surface area contributed by atoms with E-state index in [0.717, 1.165) is 24.9 Å². The molecule has 1 aromatic carbocycles. The van der Waals surface area contributed by atoms with Crippen LogP contribution in [0.2, 0.25) is 0 Å². The summed E-state index contributed by atoms with van der Waals surface area (Å²) >= 11 is 0. The minimum absolute atomic E-state index is 0.0473. The topological polar surface area (TPSA) is 49.8 Å². The van der Waals surface area contributed by atoms with Gasteiger partial charge in [-0.2, -0.15) is 0 Å². The lowest BCUT2D eigenvalue weighted by molar-refractivity contribution is 0.0652. The average Bonchev–Trinajstić information content (AvgIpc) is 2.88. The van der Waals surface area contributed by atoms with E-state index < -0.39 is 0 Å². The molecule has 96 valence electrons. The Morgan fingerprint density at radius 1 is 1.50 bits per heavy atom. The Morgan fingerprint density at radius 2 is 2.33 bits per heavy atom. The molecule has 0 aromatic heterocycles. The Balaban J connectivity index is 2.11. The lowest BCUT2D eigenvalue weighted by atomic mass is 9.83. The second-order valence-corrected chi connectivity index (χ2v) is 4.95. The highest BCUT2D eigenvalue weighted by atomic mass is 16.5. The molecule has 1 N–H and O–H groups in total. The van der Waals surface area contributed by atoms with Gasteiger partial charge in [0.05, 0.1) is 13.7 Å². The van der Waals surface area contributed by atoms with E-state index in [4.69, 9.17) is 4.74 Å². The van der Waals surface area contributed by atoms with E-state index >= 15 is 0 Å². The second kappa shape index (κ2) is 4.28. The van der Waals surface area contributed by atoms with Gasteiger partial charge >= 0.3 is 0 Å². The Labute approximate surface area is 106 Å². The summed E-state index contributed by atoms with van der Waals surface area (Å²) in [6, 6.07) is 5.74. The molecule has 2 atom stereocenters. The fraction of sp³-hybridized carbons (Fsp3) is 0.500. The van der Waals surface area contributed by atoms with Crippen LogP contribution >= 0.6 is 0 Å². The van der Waals surface area contributed by atoms with Gasteiger partial charge < -0.3 is 14.7 Å². The first kappa shape index (κ1) is 11.5. The SMILES string of the molecule is COc1ccc2c(c1)C(=O)N1CCC[C@@H]1[C@@H]2CO. The number of methoxy groups -OCH3 is 1. The van der Waals surface area contributed by atoms with E-state index in [1.807, 2.05) is 17.0 Å². The summed E-state index contributed by atoms with van der Waals surface area (Å²) in [5, 5.41) is 9.63. The number of fused-ring (bicyclic) bond motifs is 2. The molecule has 1 saturated heterocycles. The molecule has 4 heteroatoms. The maximum absolute atomic E-state index is 12.4. The van der Waals surface area contributed by atoms with Gasteiger partial charge in [0.25, 0.3) is 5.91 Å². The molecule has 2 aliphatic rings. The second-order valence-electron chi connectivity index (χ2n) is 4.95. The van der Waals surface area contributed by atoms with E-state index in [0.29, 0.717) is 11.3 Å². The minimum atomic E-state index is 0.0473. The Morgan fingerprint density at radius 3 is 3.06 bits per heavy atom. The number of amides is 1. The number of rotatable bonds is 2. The van der Waals surface area contributed by atoms with Crippen LogP contribution in [0.5, 0.6) is 5.75 Å². The van der Waals surface area contributed by atoms with Gasteiger partial charge in [0.1, 0.15) is 5.75 Å². The van der Waals surface area contributed by atoms with E-state index in [2.05, 4.69) is 0 Å². The van der Waals surface area contributed by atoms with E-state index in [1.165, 1.54) is 0 Å². The van der Waals surface area contributed by atoms with E-state index in [9.17, 15) is 9.90 Å². The van der Waals surface area contributed by atoms with Crippen LogP contribution in [0.15, 0.2) is 18.2 Å². The molecule has 0 bridgehead atoms. The van der Waals surface area contributed by atoms with Gasteiger partial charge in [-0.25, -0.2) is 0 Å². The molecule has 0 radical (unpaired) electrons. The van der Waals surface area contributed by atoms with Gasteiger partial charge in [0.2, 0.25) is 0 Å². The number of carbonyl (C=O) groups excluding carboxylic acids is 1. The van der Waals surface area contributed by atoms with Gasteiger partial charge in [-0.1, -0.05) is 6.07 Å². The Kier molecular flexibility index (Phi) is 2.74. The largest absolute Gasteiger partial charge is 0.497 e. The number of carbonyl (C=O) groups is 1. The third kappa shape index (κ3) is 1.52. The summed E-state index contributed by atoms with van der Waals surface area (Å²) in [6.07, 6.45) is 2.01. The summed E-state index contributed by atoms with van der Waals surface area (Å²) in [5.41, 5.74) is 1.65. The average molecular weight is 247 g/mol. The van der Waals surface area contributed by atoms with Crippen LogP contribution in [0.3, 0.4) is 0 Å². The van der Waals surface area contributed by atoms with E-state index in [-0.39, 0.29) is 24.5 Å².